The van der Waals surface area contributed by atoms with Gasteiger partial charge in [0.2, 0.25) is 5.91 Å². The third-order valence-electron chi connectivity index (χ3n) is 4.15. The Balaban J connectivity index is 0.00000312. The van der Waals surface area contributed by atoms with E-state index in [2.05, 4.69) is 36.3 Å². The molecule has 2 aromatic carbocycles. The molecule has 144 valence electrons. The zero-order chi connectivity index (χ0) is 17.4. The molecule has 0 radical (unpaired) electrons. The smallest absolute Gasteiger partial charge is 0.220 e. The van der Waals surface area contributed by atoms with Crippen LogP contribution in [-0.4, -0.2) is 24.4 Å². The molecule has 0 fully saturated rings. The largest absolute Gasteiger partial charge is 0.399 e. The highest BCUT2D eigenvalue weighted by Gasteiger charge is 2.05. The highest BCUT2D eigenvalue weighted by molar-refractivity contribution is 5.85. The lowest BCUT2D eigenvalue weighted by Gasteiger charge is -2.14. The minimum absolute atomic E-state index is 0. The molecule has 2 rings (SSSR count). The van der Waals surface area contributed by atoms with Crippen LogP contribution in [0.4, 0.5) is 5.69 Å². The maximum absolute atomic E-state index is 12.0. The van der Waals surface area contributed by atoms with Gasteiger partial charge in [-0.3, -0.25) is 4.79 Å². The number of benzene rings is 2. The van der Waals surface area contributed by atoms with Gasteiger partial charge < -0.3 is 16.0 Å². The number of nitrogen functional groups attached to an aromatic ring is 1. The van der Waals surface area contributed by atoms with Crippen molar-refractivity contribution in [3.8, 4) is 0 Å². The summed E-state index contributed by atoms with van der Waals surface area (Å²) in [5.41, 5.74) is 10.1. The second-order valence-electron chi connectivity index (χ2n) is 6.13. The fourth-order valence-electron chi connectivity index (χ4n) is 2.56. The third-order valence-corrected chi connectivity index (χ3v) is 4.15. The first-order valence-electron chi connectivity index (χ1n) is 8.45. The van der Waals surface area contributed by atoms with Crippen molar-refractivity contribution in [2.24, 2.45) is 0 Å². The topological polar surface area (TPSA) is 58.4 Å². The van der Waals surface area contributed by atoms with Crippen LogP contribution in [0.5, 0.6) is 0 Å². The van der Waals surface area contributed by atoms with Crippen molar-refractivity contribution < 1.29 is 4.79 Å². The Morgan fingerprint density at radius 1 is 1.08 bits per heavy atom. The van der Waals surface area contributed by atoms with Crippen molar-refractivity contribution >= 4 is 36.4 Å². The van der Waals surface area contributed by atoms with Gasteiger partial charge in [-0.15, -0.1) is 24.8 Å². The van der Waals surface area contributed by atoms with Gasteiger partial charge in [0.05, 0.1) is 0 Å². The number of rotatable bonds is 8. The van der Waals surface area contributed by atoms with Crippen LogP contribution in [-0.2, 0) is 24.3 Å². The van der Waals surface area contributed by atoms with Gasteiger partial charge in [0.1, 0.15) is 0 Å². The number of carbonyl (C=O) groups is 1. The number of aryl methyl sites for hydroxylation is 1. The van der Waals surface area contributed by atoms with Gasteiger partial charge in [-0.25, -0.2) is 0 Å². The number of nitrogens with two attached hydrogens (primary N) is 1. The van der Waals surface area contributed by atoms with Gasteiger partial charge >= 0.3 is 0 Å². The molecule has 3 N–H and O–H groups in total. The van der Waals surface area contributed by atoms with E-state index in [1.54, 1.807) is 0 Å². The molecule has 26 heavy (non-hydrogen) atoms. The minimum Gasteiger partial charge on any atom is -0.399 e. The van der Waals surface area contributed by atoms with E-state index in [1.165, 1.54) is 5.56 Å². The number of para-hydroxylation sites is 1. The van der Waals surface area contributed by atoms with Crippen LogP contribution in [0.1, 0.15) is 30.0 Å². The van der Waals surface area contributed by atoms with Crippen LogP contribution >= 0.6 is 24.8 Å². The van der Waals surface area contributed by atoms with E-state index in [9.17, 15) is 4.79 Å². The quantitative estimate of drug-likeness (QED) is 0.665. The van der Waals surface area contributed by atoms with E-state index < -0.39 is 0 Å². The highest BCUT2D eigenvalue weighted by atomic mass is 35.5. The fourth-order valence-corrected chi connectivity index (χ4v) is 2.56. The van der Waals surface area contributed by atoms with Gasteiger partial charge in [0.15, 0.2) is 0 Å². The zero-order valence-electron chi connectivity index (χ0n) is 15.4. The summed E-state index contributed by atoms with van der Waals surface area (Å²) in [6.45, 7) is 4.64. The SMILES string of the molecule is CCN(C)Cc1cccc(CNC(=O)CCc2ccccc2N)c1.Cl.Cl. The molecule has 0 spiro atoms. The molecule has 0 aliphatic rings. The third kappa shape index (κ3) is 8.09. The normalized spacial score (nSPS) is 9.96. The molecule has 0 atom stereocenters. The molecule has 0 aliphatic carbocycles. The van der Waals surface area contributed by atoms with Crippen molar-refractivity contribution in [1.29, 1.82) is 0 Å². The summed E-state index contributed by atoms with van der Waals surface area (Å²) in [6, 6.07) is 16.1. The second kappa shape index (κ2) is 12.6. The number of hydrogen-bond acceptors (Lipinski definition) is 3. The van der Waals surface area contributed by atoms with Crippen LogP contribution < -0.4 is 11.1 Å². The van der Waals surface area contributed by atoms with Crippen LogP contribution in [0.15, 0.2) is 48.5 Å². The lowest BCUT2D eigenvalue weighted by atomic mass is 10.1. The number of nitrogens with zero attached hydrogens (tertiary/aromatic N) is 1. The molecular weight excluding hydrogens is 369 g/mol. The summed E-state index contributed by atoms with van der Waals surface area (Å²) in [7, 11) is 2.10. The lowest BCUT2D eigenvalue weighted by Crippen LogP contribution is -2.23. The number of amides is 1. The number of nitrogens with one attached hydrogen (secondary N) is 1. The average Bonchev–Trinajstić information content (AvgIpc) is 2.59. The van der Waals surface area contributed by atoms with E-state index >= 15 is 0 Å². The van der Waals surface area contributed by atoms with Crippen molar-refractivity contribution in [3.05, 3.63) is 65.2 Å². The number of hydrogen-bond donors (Lipinski definition) is 2. The van der Waals surface area contributed by atoms with E-state index in [4.69, 9.17) is 5.73 Å². The summed E-state index contributed by atoms with van der Waals surface area (Å²) in [4.78, 5) is 14.3. The van der Waals surface area contributed by atoms with Crippen molar-refractivity contribution in [1.82, 2.24) is 10.2 Å². The van der Waals surface area contributed by atoms with Gasteiger partial charge in [-0.05, 0) is 42.8 Å². The first kappa shape index (κ1) is 24.2. The maximum Gasteiger partial charge on any atom is 0.220 e. The van der Waals surface area contributed by atoms with Gasteiger partial charge in [-0.1, -0.05) is 49.4 Å². The van der Waals surface area contributed by atoms with E-state index in [0.29, 0.717) is 19.4 Å². The highest BCUT2D eigenvalue weighted by Crippen LogP contribution is 2.12. The molecule has 0 heterocycles. The molecule has 1 amide bonds. The zero-order valence-corrected chi connectivity index (χ0v) is 17.0. The summed E-state index contributed by atoms with van der Waals surface area (Å²) in [5.74, 6) is 0.0503. The van der Waals surface area contributed by atoms with Gasteiger partial charge in [0.25, 0.3) is 0 Å². The Kier molecular flexibility index (Phi) is 11.7. The number of anilines is 1. The van der Waals surface area contributed by atoms with E-state index in [-0.39, 0.29) is 30.7 Å². The molecule has 2 aromatic rings. The van der Waals surface area contributed by atoms with Crippen molar-refractivity contribution in [3.63, 3.8) is 0 Å². The number of carbonyl (C=O) groups excluding carboxylic acids is 1. The number of halogens is 2. The molecule has 0 saturated carbocycles. The first-order valence-corrected chi connectivity index (χ1v) is 8.45. The monoisotopic (exact) mass is 397 g/mol. The predicted molar refractivity (Wildman–Crippen MR) is 114 cm³/mol. The molecule has 6 heteroatoms. The summed E-state index contributed by atoms with van der Waals surface area (Å²) < 4.78 is 0. The fraction of sp³-hybridized carbons (Fsp3) is 0.350. The Labute approximate surface area is 169 Å². The Morgan fingerprint density at radius 2 is 1.77 bits per heavy atom. The van der Waals surface area contributed by atoms with E-state index in [1.807, 2.05) is 36.4 Å². The summed E-state index contributed by atoms with van der Waals surface area (Å²) in [6.07, 6.45) is 1.12. The lowest BCUT2D eigenvalue weighted by molar-refractivity contribution is -0.121. The first-order chi connectivity index (χ1) is 11.6. The van der Waals surface area contributed by atoms with Crippen LogP contribution in [0.3, 0.4) is 0 Å². The molecule has 4 nitrogen and oxygen atoms in total. The van der Waals surface area contributed by atoms with Gasteiger partial charge in [0, 0.05) is 25.2 Å². The predicted octanol–water partition coefficient (Wildman–Crippen LogP) is 3.81. The van der Waals surface area contributed by atoms with Crippen LogP contribution in [0, 0.1) is 0 Å². The maximum atomic E-state index is 12.0. The second-order valence-corrected chi connectivity index (χ2v) is 6.13. The Hall–Kier alpha value is -1.75. The minimum atomic E-state index is 0. The average molecular weight is 398 g/mol. The van der Waals surface area contributed by atoms with Crippen molar-refractivity contribution in [2.75, 3.05) is 19.3 Å². The molecule has 0 aliphatic heterocycles. The molecule has 0 unspecified atom stereocenters. The van der Waals surface area contributed by atoms with Gasteiger partial charge in [-0.2, -0.15) is 0 Å². The van der Waals surface area contributed by atoms with Crippen LogP contribution in [0.25, 0.3) is 0 Å². The Bertz CT molecular complexity index is 680. The van der Waals surface area contributed by atoms with Crippen LogP contribution in [0.2, 0.25) is 0 Å². The van der Waals surface area contributed by atoms with Crippen molar-refractivity contribution in [2.45, 2.75) is 32.9 Å². The molecular formula is C20H29Cl2N3O. The molecule has 0 aromatic heterocycles. The standard InChI is InChI=1S/C20H27N3O.2ClH/c1-3-23(2)15-17-8-6-7-16(13-17)14-22-20(24)12-11-18-9-4-5-10-19(18)21;;/h4-10,13H,3,11-12,14-15,21H2,1-2H3,(H,22,24);2*1H. The Morgan fingerprint density at radius 3 is 2.46 bits per heavy atom. The molecule has 0 bridgehead atoms. The molecule has 0 saturated heterocycles. The summed E-state index contributed by atoms with van der Waals surface area (Å²) >= 11 is 0. The van der Waals surface area contributed by atoms with E-state index in [0.717, 1.165) is 29.9 Å². The summed E-state index contributed by atoms with van der Waals surface area (Å²) in [5, 5.41) is 2.99.